The van der Waals surface area contributed by atoms with Gasteiger partial charge >= 0.3 is 0 Å². The SMILES string of the molecule is OC1(C(O)(C#CCN2CCCCC2)c2ccccc2)CCCC1. The molecule has 0 bridgehead atoms. The number of hydrogen-bond acceptors (Lipinski definition) is 3. The molecule has 1 heterocycles. The zero-order valence-electron chi connectivity index (χ0n) is 13.8. The molecular formula is C20H27NO2. The fourth-order valence-electron chi connectivity index (χ4n) is 3.85. The van der Waals surface area contributed by atoms with Crippen LogP contribution in [-0.4, -0.2) is 40.3 Å². The lowest BCUT2D eigenvalue weighted by Gasteiger charge is -2.38. The first kappa shape index (κ1) is 16.5. The molecule has 0 aromatic heterocycles. The van der Waals surface area contributed by atoms with Crippen LogP contribution in [-0.2, 0) is 5.60 Å². The molecule has 1 atom stereocenters. The summed E-state index contributed by atoms with van der Waals surface area (Å²) in [6.45, 7) is 2.84. The van der Waals surface area contributed by atoms with Crippen LogP contribution < -0.4 is 0 Å². The molecule has 2 aliphatic rings. The highest BCUT2D eigenvalue weighted by molar-refractivity contribution is 5.37. The quantitative estimate of drug-likeness (QED) is 0.843. The Morgan fingerprint density at radius 3 is 2.30 bits per heavy atom. The fraction of sp³-hybridized carbons (Fsp3) is 0.600. The van der Waals surface area contributed by atoms with Gasteiger partial charge < -0.3 is 10.2 Å². The summed E-state index contributed by atoms with van der Waals surface area (Å²) in [5, 5.41) is 22.4. The fourth-order valence-corrected chi connectivity index (χ4v) is 3.85. The summed E-state index contributed by atoms with van der Waals surface area (Å²) >= 11 is 0. The second kappa shape index (κ2) is 7.05. The molecule has 3 nitrogen and oxygen atoms in total. The summed E-state index contributed by atoms with van der Waals surface area (Å²) in [7, 11) is 0. The average molecular weight is 313 g/mol. The summed E-state index contributed by atoms with van der Waals surface area (Å²) in [4.78, 5) is 2.33. The molecule has 1 aromatic carbocycles. The highest BCUT2D eigenvalue weighted by Crippen LogP contribution is 2.43. The minimum Gasteiger partial charge on any atom is -0.385 e. The van der Waals surface area contributed by atoms with E-state index < -0.39 is 11.2 Å². The molecule has 23 heavy (non-hydrogen) atoms. The molecule has 1 saturated carbocycles. The van der Waals surface area contributed by atoms with Crippen LogP contribution in [0, 0.1) is 11.8 Å². The van der Waals surface area contributed by atoms with E-state index in [0.717, 1.165) is 25.9 Å². The molecule has 0 radical (unpaired) electrons. The van der Waals surface area contributed by atoms with Gasteiger partial charge in [-0.05, 0) is 44.3 Å². The first-order chi connectivity index (χ1) is 11.1. The smallest absolute Gasteiger partial charge is 0.179 e. The highest BCUT2D eigenvalue weighted by atomic mass is 16.4. The van der Waals surface area contributed by atoms with Crippen molar-refractivity contribution in [1.82, 2.24) is 4.90 Å². The van der Waals surface area contributed by atoms with E-state index in [1.165, 1.54) is 19.3 Å². The van der Waals surface area contributed by atoms with Crippen molar-refractivity contribution < 1.29 is 10.2 Å². The lowest BCUT2D eigenvalue weighted by molar-refractivity contribution is -0.118. The largest absolute Gasteiger partial charge is 0.385 e. The normalized spacial score (nSPS) is 23.7. The maximum absolute atomic E-state index is 11.3. The molecule has 2 fully saturated rings. The van der Waals surface area contributed by atoms with E-state index in [-0.39, 0.29) is 0 Å². The zero-order chi connectivity index (χ0) is 16.2. The number of rotatable bonds is 3. The Morgan fingerprint density at radius 2 is 1.65 bits per heavy atom. The maximum atomic E-state index is 11.3. The summed E-state index contributed by atoms with van der Waals surface area (Å²) in [5.41, 5.74) is -1.90. The summed E-state index contributed by atoms with van der Waals surface area (Å²) in [6, 6.07) is 9.44. The van der Waals surface area contributed by atoms with E-state index in [0.29, 0.717) is 24.9 Å². The number of aliphatic hydroxyl groups is 2. The van der Waals surface area contributed by atoms with Gasteiger partial charge in [0.25, 0.3) is 0 Å². The lowest BCUT2D eigenvalue weighted by Crippen LogP contribution is -2.49. The van der Waals surface area contributed by atoms with E-state index >= 15 is 0 Å². The standard InChI is InChI=1S/C20H27NO2/c22-19(12-5-6-13-19)20(23,18-10-3-1-4-11-18)14-9-17-21-15-7-2-8-16-21/h1,3-4,10-11,22-23H,2,5-8,12-13,15-17H2. The van der Waals surface area contributed by atoms with E-state index in [9.17, 15) is 10.2 Å². The van der Waals surface area contributed by atoms with Crippen molar-refractivity contribution in [3.8, 4) is 11.8 Å². The van der Waals surface area contributed by atoms with Crippen molar-refractivity contribution in [1.29, 1.82) is 0 Å². The van der Waals surface area contributed by atoms with E-state index in [1.54, 1.807) is 0 Å². The third-order valence-electron chi connectivity index (χ3n) is 5.32. The highest BCUT2D eigenvalue weighted by Gasteiger charge is 2.51. The van der Waals surface area contributed by atoms with Gasteiger partial charge in [-0.1, -0.05) is 61.4 Å². The molecule has 1 saturated heterocycles. The Bertz CT molecular complexity index is 562. The molecule has 1 aliphatic heterocycles. The third-order valence-corrected chi connectivity index (χ3v) is 5.32. The Kier molecular flexibility index (Phi) is 5.06. The predicted molar refractivity (Wildman–Crippen MR) is 91.8 cm³/mol. The predicted octanol–water partition coefficient (Wildman–Crippen LogP) is 2.67. The van der Waals surface area contributed by atoms with Gasteiger partial charge in [-0.25, -0.2) is 0 Å². The molecule has 1 aromatic rings. The van der Waals surface area contributed by atoms with Crippen LogP contribution in [0.2, 0.25) is 0 Å². The van der Waals surface area contributed by atoms with E-state index in [4.69, 9.17) is 0 Å². The summed E-state index contributed by atoms with van der Waals surface area (Å²) in [6.07, 6.45) is 6.87. The van der Waals surface area contributed by atoms with Gasteiger partial charge in [0.2, 0.25) is 0 Å². The molecule has 3 heteroatoms. The molecule has 1 aliphatic carbocycles. The van der Waals surface area contributed by atoms with Crippen LogP contribution in [0.15, 0.2) is 30.3 Å². The molecule has 2 N–H and O–H groups in total. The van der Waals surface area contributed by atoms with Gasteiger partial charge in [-0.15, -0.1) is 0 Å². The minimum atomic E-state index is -1.47. The maximum Gasteiger partial charge on any atom is 0.179 e. The van der Waals surface area contributed by atoms with Crippen LogP contribution in [0.5, 0.6) is 0 Å². The number of likely N-dealkylation sites (tertiary alicyclic amines) is 1. The van der Waals surface area contributed by atoms with Gasteiger partial charge in [-0.3, -0.25) is 4.90 Å². The Morgan fingerprint density at radius 1 is 1.00 bits per heavy atom. The van der Waals surface area contributed by atoms with E-state index in [2.05, 4.69) is 16.7 Å². The number of piperidine rings is 1. The van der Waals surface area contributed by atoms with Gasteiger partial charge in [0.1, 0.15) is 5.60 Å². The van der Waals surface area contributed by atoms with Crippen molar-refractivity contribution >= 4 is 0 Å². The zero-order valence-corrected chi connectivity index (χ0v) is 13.8. The molecule has 1 unspecified atom stereocenters. The van der Waals surface area contributed by atoms with Crippen LogP contribution in [0.25, 0.3) is 0 Å². The number of benzene rings is 1. The molecule has 124 valence electrons. The second-order valence-electron chi connectivity index (χ2n) is 6.95. The van der Waals surface area contributed by atoms with Crippen molar-refractivity contribution in [2.75, 3.05) is 19.6 Å². The minimum absolute atomic E-state index is 0.608. The first-order valence-corrected chi connectivity index (χ1v) is 8.87. The molecule has 3 rings (SSSR count). The monoisotopic (exact) mass is 313 g/mol. The average Bonchev–Trinajstić information content (AvgIpc) is 3.05. The Hall–Kier alpha value is -1.34. The van der Waals surface area contributed by atoms with Crippen LogP contribution in [0.3, 0.4) is 0 Å². The van der Waals surface area contributed by atoms with Crippen molar-refractivity contribution in [2.45, 2.75) is 56.1 Å². The molecule has 0 spiro atoms. The second-order valence-corrected chi connectivity index (χ2v) is 6.95. The number of nitrogens with zero attached hydrogens (tertiary/aromatic N) is 1. The van der Waals surface area contributed by atoms with Crippen molar-refractivity contribution in [3.05, 3.63) is 35.9 Å². The van der Waals surface area contributed by atoms with Gasteiger partial charge in [0.05, 0.1) is 6.54 Å². The third kappa shape index (κ3) is 3.45. The Labute approximate surface area is 139 Å². The van der Waals surface area contributed by atoms with Crippen LogP contribution in [0.4, 0.5) is 0 Å². The van der Waals surface area contributed by atoms with Gasteiger partial charge in [0.15, 0.2) is 5.60 Å². The molecular weight excluding hydrogens is 286 g/mol. The lowest BCUT2D eigenvalue weighted by atomic mass is 9.76. The topological polar surface area (TPSA) is 43.7 Å². The number of hydrogen-bond donors (Lipinski definition) is 2. The van der Waals surface area contributed by atoms with E-state index in [1.807, 2.05) is 30.3 Å². The summed E-state index contributed by atoms with van der Waals surface area (Å²) in [5.74, 6) is 6.22. The summed E-state index contributed by atoms with van der Waals surface area (Å²) < 4.78 is 0. The van der Waals surface area contributed by atoms with Gasteiger partial charge in [-0.2, -0.15) is 0 Å². The Balaban J connectivity index is 1.84. The van der Waals surface area contributed by atoms with Crippen molar-refractivity contribution in [3.63, 3.8) is 0 Å². The van der Waals surface area contributed by atoms with Crippen LogP contribution in [0.1, 0.15) is 50.5 Å². The van der Waals surface area contributed by atoms with Crippen LogP contribution >= 0.6 is 0 Å². The van der Waals surface area contributed by atoms with Crippen molar-refractivity contribution in [2.24, 2.45) is 0 Å². The first-order valence-electron chi connectivity index (χ1n) is 8.87. The molecule has 0 amide bonds. The van der Waals surface area contributed by atoms with Gasteiger partial charge in [0, 0.05) is 0 Å².